The van der Waals surface area contributed by atoms with Crippen LogP contribution in [0.5, 0.6) is 17.2 Å². The molecule has 0 spiro atoms. The van der Waals surface area contributed by atoms with Gasteiger partial charge in [-0.15, -0.1) is 11.8 Å². The van der Waals surface area contributed by atoms with E-state index < -0.39 is 0 Å². The van der Waals surface area contributed by atoms with Gasteiger partial charge < -0.3 is 9.47 Å². The predicted molar refractivity (Wildman–Crippen MR) is 71.3 cm³/mol. The van der Waals surface area contributed by atoms with E-state index in [2.05, 4.69) is 0 Å². The van der Waals surface area contributed by atoms with Crippen LogP contribution in [-0.2, 0) is 0 Å². The predicted octanol–water partition coefficient (Wildman–Crippen LogP) is 4.21. The maximum Gasteiger partial charge on any atom is 0.136 e. The van der Waals surface area contributed by atoms with Crippen molar-refractivity contribution >= 4 is 11.8 Å². The van der Waals surface area contributed by atoms with Crippen molar-refractivity contribution in [2.24, 2.45) is 0 Å². The van der Waals surface area contributed by atoms with Gasteiger partial charge in [0.2, 0.25) is 0 Å². The molecule has 0 aliphatic carbocycles. The van der Waals surface area contributed by atoms with E-state index in [4.69, 9.17) is 9.47 Å². The first-order valence-corrected chi connectivity index (χ1v) is 6.51. The first kappa shape index (κ1) is 11.9. The van der Waals surface area contributed by atoms with Crippen LogP contribution in [0.1, 0.15) is 0 Å². The van der Waals surface area contributed by atoms with Crippen molar-refractivity contribution in [2.75, 3.05) is 13.4 Å². The fraction of sp³-hybridized carbons (Fsp3) is 0.143. The summed E-state index contributed by atoms with van der Waals surface area (Å²) in [5.74, 6) is 2.45. The number of ether oxygens (including phenoxy) is 2. The molecule has 0 N–H and O–H groups in total. The van der Waals surface area contributed by atoms with E-state index in [9.17, 15) is 0 Å². The van der Waals surface area contributed by atoms with Gasteiger partial charge in [0.15, 0.2) is 0 Å². The van der Waals surface area contributed by atoms with Crippen LogP contribution in [0, 0.1) is 0 Å². The third kappa shape index (κ3) is 2.94. The maximum atomic E-state index is 5.73. The topological polar surface area (TPSA) is 18.5 Å². The summed E-state index contributed by atoms with van der Waals surface area (Å²) in [6, 6.07) is 15.6. The molecule has 0 saturated carbocycles. The van der Waals surface area contributed by atoms with E-state index in [1.165, 1.54) is 0 Å². The van der Waals surface area contributed by atoms with Gasteiger partial charge >= 0.3 is 0 Å². The second kappa shape index (κ2) is 5.64. The van der Waals surface area contributed by atoms with Crippen LogP contribution in [0.15, 0.2) is 53.4 Å². The van der Waals surface area contributed by atoms with E-state index in [1.54, 1.807) is 18.9 Å². The normalized spacial score (nSPS) is 10.0. The molecular formula is C14H14O2S. The lowest BCUT2D eigenvalue weighted by atomic mass is 10.3. The molecule has 0 aliphatic heterocycles. The molecule has 2 aromatic rings. The summed E-state index contributed by atoms with van der Waals surface area (Å²) in [5.41, 5.74) is 0. The van der Waals surface area contributed by atoms with Gasteiger partial charge in [-0.3, -0.25) is 0 Å². The van der Waals surface area contributed by atoms with Crippen LogP contribution in [0.25, 0.3) is 0 Å². The number of rotatable bonds is 4. The van der Waals surface area contributed by atoms with Crippen molar-refractivity contribution in [3.05, 3.63) is 48.5 Å². The molecule has 2 rings (SSSR count). The Morgan fingerprint density at radius 3 is 2.35 bits per heavy atom. The molecule has 88 valence electrons. The lowest BCUT2D eigenvalue weighted by Crippen LogP contribution is -1.88. The number of para-hydroxylation sites is 1. The molecule has 0 atom stereocenters. The van der Waals surface area contributed by atoms with Gasteiger partial charge in [0.25, 0.3) is 0 Å². The number of hydrogen-bond acceptors (Lipinski definition) is 3. The Balaban J connectivity index is 2.22. The second-order valence-electron chi connectivity index (χ2n) is 3.43. The van der Waals surface area contributed by atoms with Gasteiger partial charge in [0.1, 0.15) is 17.2 Å². The Hall–Kier alpha value is -1.61. The first-order valence-electron chi connectivity index (χ1n) is 5.28. The van der Waals surface area contributed by atoms with Gasteiger partial charge in [0.05, 0.1) is 7.11 Å². The van der Waals surface area contributed by atoms with E-state index in [1.807, 2.05) is 54.8 Å². The number of hydrogen-bond donors (Lipinski definition) is 0. The number of benzene rings is 2. The summed E-state index contributed by atoms with van der Waals surface area (Å²) in [7, 11) is 1.67. The molecule has 2 nitrogen and oxygen atoms in total. The largest absolute Gasteiger partial charge is 0.495 e. The summed E-state index contributed by atoms with van der Waals surface area (Å²) in [4.78, 5) is 1.10. The Labute approximate surface area is 106 Å². The van der Waals surface area contributed by atoms with E-state index in [0.29, 0.717) is 0 Å². The molecule has 0 fully saturated rings. The van der Waals surface area contributed by atoms with Crippen molar-refractivity contribution in [3.8, 4) is 17.2 Å². The fourth-order valence-electron chi connectivity index (χ4n) is 1.50. The summed E-state index contributed by atoms with van der Waals surface area (Å²) in [6.07, 6.45) is 2.02. The molecule has 17 heavy (non-hydrogen) atoms. The first-order chi connectivity index (χ1) is 8.33. The molecule has 0 aliphatic rings. The zero-order chi connectivity index (χ0) is 12.1. The van der Waals surface area contributed by atoms with Gasteiger partial charge in [-0.25, -0.2) is 0 Å². The van der Waals surface area contributed by atoms with Crippen LogP contribution < -0.4 is 9.47 Å². The summed E-state index contributed by atoms with van der Waals surface area (Å²) in [5, 5.41) is 0. The van der Waals surface area contributed by atoms with Crippen LogP contribution in [-0.4, -0.2) is 13.4 Å². The quantitative estimate of drug-likeness (QED) is 0.753. The number of methoxy groups -OCH3 is 1. The minimum absolute atomic E-state index is 0.783. The molecule has 0 aromatic heterocycles. The average molecular weight is 246 g/mol. The lowest BCUT2D eigenvalue weighted by molar-refractivity contribution is 0.399. The highest BCUT2D eigenvalue weighted by atomic mass is 32.2. The Kier molecular flexibility index (Phi) is 3.94. The zero-order valence-corrected chi connectivity index (χ0v) is 10.7. The number of thioether (sulfide) groups is 1. The van der Waals surface area contributed by atoms with Gasteiger partial charge in [-0.1, -0.05) is 18.2 Å². The SMILES string of the molecule is COc1cc(Oc2ccccc2)ccc1SC. The molecular weight excluding hydrogens is 232 g/mol. The maximum absolute atomic E-state index is 5.73. The van der Waals surface area contributed by atoms with E-state index >= 15 is 0 Å². The van der Waals surface area contributed by atoms with Gasteiger partial charge in [-0.2, -0.15) is 0 Å². The van der Waals surface area contributed by atoms with Crippen LogP contribution >= 0.6 is 11.8 Å². The van der Waals surface area contributed by atoms with E-state index in [0.717, 1.165) is 22.1 Å². The third-order valence-electron chi connectivity index (χ3n) is 2.33. The molecule has 0 amide bonds. The fourth-order valence-corrected chi connectivity index (χ4v) is 2.05. The monoisotopic (exact) mass is 246 g/mol. The van der Waals surface area contributed by atoms with Crippen molar-refractivity contribution in [3.63, 3.8) is 0 Å². The minimum Gasteiger partial charge on any atom is -0.495 e. The molecule has 0 heterocycles. The third-order valence-corrected chi connectivity index (χ3v) is 3.11. The minimum atomic E-state index is 0.783. The van der Waals surface area contributed by atoms with Gasteiger partial charge in [-0.05, 0) is 30.5 Å². The van der Waals surface area contributed by atoms with E-state index in [-0.39, 0.29) is 0 Å². The summed E-state index contributed by atoms with van der Waals surface area (Å²) >= 11 is 1.65. The van der Waals surface area contributed by atoms with Crippen molar-refractivity contribution in [2.45, 2.75) is 4.90 Å². The highest BCUT2D eigenvalue weighted by Crippen LogP contribution is 2.32. The molecule has 0 bridgehead atoms. The van der Waals surface area contributed by atoms with Crippen molar-refractivity contribution in [1.29, 1.82) is 0 Å². The Bertz CT molecular complexity index is 483. The molecule has 0 radical (unpaired) electrons. The van der Waals surface area contributed by atoms with Crippen LogP contribution in [0.4, 0.5) is 0 Å². The second-order valence-corrected chi connectivity index (χ2v) is 4.28. The summed E-state index contributed by atoms with van der Waals surface area (Å²) in [6.45, 7) is 0. The highest BCUT2D eigenvalue weighted by Gasteiger charge is 2.04. The standard InChI is InChI=1S/C14H14O2S/c1-15-13-10-12(8-9-14(13)17-2)16-11-6-4-3-5-7-11/h3-10H,1-2H3. The molecule has 3 heteroatoms. The summed E-state index contributed by atoms with van der Waals surface area (Å²) < 4.78 is 11.0. The average Bonchev–Trinajstić information content (AvgIpc) is 2.40. The van der Waals surface area contributed by atoms with Crippen molar-refractivity contribution < 1.29 is 9.47 Å². The zero-order valence-electron chi connectivity index (χ0n) is 9.84. The lowest BCUT2D eigenvalue weighted by Gasteiger charge is -2.10. The van der Waals surface area contributed by atoms with Gasteiger partial charge in [0, 0.05) is 11.0 Å². The highest BCUT2D eigenvalue weighted by molar-refractivity contribution is 7.98. The molecule has 0 unspecified atom stereocenters. The van der Waals surface area contributed by atoms with Crippen LogP contribution in [0.3, 0.4) is 0 Å². The molecule has 2 aromatic carbocycles. The van der Waals surface area contributed by atoms with Crippen LogP contribution in [0.2, 0.25) is 0 Å². The molecule has 0 saturated heterocycles. The Morgan fingerprint density at radius 1 is 0.941 bits per heavy atom. The smallest absolute Gasteiger partial charge is 0.136 e. The Morgan fingerprint density at radius 2 is 1.71 bits per heavy atom. The van der Waals surface area contributed by atoms with Crippen molar-refractivity contribution in [1.82, 2.24) is 0 Å².